The Morgan fingerprint density at radius 3 is 2.63 bits per heavy atom. The van der Waals surface area contributed by atoms with E-state index in [9.17, 15) is 13.2 Å². The van der Waals surface area contributed by atoms with Crippen LogP contribution in [0, 0.1) is 0 Å². The van der Waals surface area contributed by atoms with E-state index in [4.69, 9.17) is 4.74 Å². The molecule has 2 aromatic rings. The third kappa shape index (κ3) is 4.75. The Labute approximate surface area is 178 Å². The first-order valence-corrected chi connectivity index (χ1v) is 12.3. The number of rotatable bonds is 6. The van der Waals surface area contributed by atoms with Gasteiger partial charge in [0, 0.05) is 24.7 Å². The van der Waals surface area contributed by atoms with Gasteiger partial charge in [-0.1, -0.05) is 42.0 Å². The lowest BCUT2D eigenvalue weighted by molar-refractivity contribution is -0.120. The normalized spacial score (nSPS) is 18.3. The van der Waals surface area contributed by atoms with Crippen LogP contribution in [-0.4, -0.2) is 33.2 Å². The van der Waals surface area contributed by atoms with E-state index in [2.05, 4.69) is 11.4 Å². The van der Waals surface area contributed by atoms with E-state index in [-0.39, 0.29) is 12.0 Å². The zero-order valence-corrected chi connectivity index (χ0v) is 18.0. The van der Waals surface area contributed by atoms with E-state index in [1.165, 1.54) is 24.7 Å². The highest BCUT2D eigenvalue weighted by atomic mass is 32.2. The van der Waals surface area contributed by atoms with Crippen LogP contribution >= 0.6 is 0 Å². The molecule has 0 fully saturated rings. The molecule has 5 nitrogen and oxygen atoms in total. The molecule has 1 aliphatic heterocycles. The maximum absolute atomic E-state index is 12.3. The smallest absolute Gasteiger partial charge is 0.224 e. The third-order valence-corrected chi connectivity index (χ3v) is 6.85. The molecule has 1 amide bonds. The molecule has 0 spiro atoms. The minimum Gasteiger partial charge on any atom is -0.487 e. The Morgan fingerprint density at radius 1 is 1.13 bits per heavy atom. The van der Waals surface area contributed by atoms with Crippen molar-refractivity contribution in [3.8, 4) is 16.9 Å². The van der Waals surface area contributed by atoms with Gasteiger partial charge in [0.15, 0.2) is 9.84 Å². The fourth-order valence-electron chi connectivity index (χ4n) is 4.12. The van der Waals surface area contributed by atoms with Gasteiger partial charge >= 0.3 is 0 Å². The molecule has 1 heterocycles. The van der Waals surface area contributed by atoms with Gasteiger partial charge in [-0.3, -0.25) is 4.79 Å². The lowest BCUT2D eigenvalue weighted by Crippen LogP contribution is -2.34. The average molecular weight is 426 g/mol. The number of allylic oxidation sites excluding steroid dienone is 1. The Kier molecular flexibility index (Phi) is 5.95. The van der Waals surface area contributed by atoms with Gasteiger partial charge in [0.1, 0.15) is 11.9 Å². The topological polar surface area (TPSA) is 72.5 Å². The molecule has 0 aromatic heterocycles. The molecule has 1 aliphatic carbocycles. The fraction of sp³-hybridized carbons (Fsp3) is 0.375. The molecule has 0 saturated heterocycles. The van der Waals surface area contributed by atoms with Crippen LogP contribution in [0.1, 0.15) is 37.7 Å². The zero-order chi connectivity index (χ0) is 21.1. The maximum Gasteiger partial charge on any atom is 0.224 e. The highest BCUT2D eigenvalue weighted by Gasteiger charge is 2.26. The maximum atomic E-state index is 12.3. The molecule has 0 bridgehead atoms. The monoisotopic (exact) mass is 425 g/mol. The number of nitrogens with one attached hydrogen (secondary N) is 1. The molecule has 0 saturated carbocycles. The summed E-state index contributed by atoms with van der Waals surface area (Å²) < 4.78 is 29.6. The second kappa shape index (κ2) is 8.64. The summed E-state index contributed by atoms with van der Waals surface area (Å²) in [6, 6.07) is 12.9. The predicted molar refractivity (Wildman–Crippen MR) is 117 cm³/mol. The van der Waals surface area contributed by atoms with Crippen LogP contribution < -0.4 is 10.1 Å². The number of fused-ring (bicyclic) bond motifs is 1. The van der Waals surface area contributed by atoms with Crippen LogP contribution in [0.2, 0.25) is 0 Å². The molecular weight excluding hydrogens is 398 g/mol. The molecule has 2 aliphatic rings. The number of amides is 1. The quantitative estimate of drug-likeness (QED) is 0.708. The van der Waals surface area contributed by atoms with Crippen LogP contribution in [0.5, 0.6) is 5.75 Å². The first kappa shape index (κ1) is 20.7. The van der Waals surface area contributed by atoms with Gasteiger partial charge in [0.05, 0.1) is 11.4 Å². The first-order chi connectivity index (χ1) is 14.4. The number of benzene rings is 2. The highest BCUT2D eigenvalue weighted by Crippen LogP contribution is 2.39. The van der Waals surface area contributed by atoms with Crippen LogP contribution in [-0.2, 0) is 21.1 Å². The fourth-order valence-corrected chi connectivity index (χ4v) is 4.75. The van der Waals surface area contributed by atoms with E-state index in [0.717, 1.165) is 41.7 Å². The molecule has 1 atom stereocenters. The minimum atomic E-state index is -3.22. The number of hydrogen-bond donors (Lipinski definition) is 1. The van der Waals surface area contributed by atoms with Crippen molar-refractivity contribution in [1.29, 1.82) is 0 Å². The van der Waals surface area contributed by atoms with Crippen molar-refractivity contribution >= 4 is 15.7 Å². The second-order valence-corrected chi connectivity index (χ2v) is 10.1. The largest absolute Gasteiger partial charge is 0.487 e. The van der Waals surface area contributed by atoms with Gasteiger partial charge in [0.25, 0.3) is 0 Å². The number of carbonyl (C=O) groups is 1. The van der Waals surface area contributed by atoms with Crippen molar-refractivity contribution in [3.63, 3.8) is 0 Å². The number of hydrogen-bond acceptors (Lipinski definition) is 4. The summed E-state index contributed by atoms with van der Waals surface area (Å²) in [5.74, 6) is 0.873. The van der Waals surface area contributed by atoms with Gasteiger partial charge in [0.2, 0.25) is 5.91 Å². The number of sulfone groups is 1. The van der Waals surface area contributed by atoms with Gasteiger partial charge in [-0.15, -0.1) is 0 Å². The van der Waals surface area contributed by atoms with Crippen molar-refractivity contribution in [3.05, 3.63) is 59.7 Å². The molecule has 2 aromatic carbocycles. The molecule has 30 heavy (non-hydrogen) atoms. The molecule has 158 valence electrons. The average Bonchev–Trinajstić information content (AvgIpc) is 3.16. The Morgan fingerprint density at radius 2 is 1.93 bits per heavy atom. The van der Waals surface area contributed by atoms with Gasteiger partial charge in [-0.05, 0) is 48.9 Å². The van der Waals surface area contributed by atoms with E-state index in [0.29, 0.717) is 17.9 Å². The molecule has 4 rings (SSSR count). The summed E-state index contributed by atoms with van der Waals surface area (Å²) in [7, 11) is -3.22. The minimum absolute atomic E-state index is 0.0549. The van der Waals surface area contributed by atoms with Crippen LogP contribution in [0.25, 0.3) is 11.1 Å². The Hall–Kier alpha value is -2.60. The molecular formula is C24H27NO4S. The SMILES string of the molecule is CS(=O)(=O)c1ccc(-c2cccc3c2O[C@H](CNC(=O)CC2=CCCCC2)C3)cc1. The lowest BCUT2D eigenvalue weighted by atomic mass is 9.97. The van der Waals surface area contributed by atoms with Crippen molar-refractivity contribution in [1.82, 2.24) is 5.32 Å². The van der Waals surface area contributed by atoms with Crippen molar-refractivity contribution < 1.29 is 17.9 Å². The van der Waals surface area contributed by atoms with E-state index in [1.54, 1.807) is 12.1 Å². The van der Waals surface area contributed by atoms with Crippen LogP contribution in [0.3, 0.4) is 0 Å². The van der Waals surface area contributed by atoms with Gasteiger partial charge in [-0.25, -0.2) is 8.42 Å². The van der Waals surface area contributed by atoms with E-state index < -0.39 is 9.84 Å². The molecule has 6 heteroatoms. The first-order valence-electron chi connectivity index (χ1n) is 10.4. The highest BCUT2D eigenvalue weighted by molar-refractivity contribution is 7.90. The van der Waals surface area contributed by atoms with Gasteiger partial charge < -0.3 is 10.1 Å². The number of para-hydroxylation sites is 1. The molecule has 0 radical (unpaired) electrons. The second-order valence-electron chi connectivity index (χ2n) is 8.12. The van der Waals surface area contributed by atoms with Crippen LogP contribution in [0.15, 0.2) is 59.0 Å². The predicted octanol–water partition coefficient (Wildman–Crippen LogP) is 4.07. The molecule has 0 unspecified atom stereocenters. The number of carbonyl (C=O) groups excluding carboxylic acids is 1. The van der Waals surface area contributed by atoms with Crippen molar-refractivity contribution in [2.45, 2.75) is 49.5 Å². The Balaban J connectivity index is 1.41. The summed E-state index contributed by atoms with van der Waals surface area (Å²) in [6.07, 6.45) is 9.04. The summed E-state index contributed by atoms with van der Waals surface area (Å²) >= 11 is 0. The summed E-state index contributed by atoms with van der Waals surface area (Å²) in [4.78, 5) is 12.6. The zero-order valence-electron chi connectivity index (χ0n) is 17.2. The van der Waals surface area contributed by atoms with Crippen LogP contribution in [0.4, 0.5) is 0 Å². The summed E-state index contributed by atoms with van der Waals surface area (Å²) in [5, 5.41) is 3.02. The summed E-state index contributed by atoms with van der Waals surface area (Å²) in [6.45, 7) is 0.479. The van der Waals surface area contributed by atoms with Gasteiger partial charge in [-0.2, -0.15) is 0 Å². The van der Waals surface area contributed by atoms with E-state index in [1.807, 2.05) is 30.3 Å². The lowest BCUT2D eigenvalue weighted by Gasteiger charge is -2.15. The van der Waals surface area contributed by atoms with Crippen molar-refractivity contribution in [2.75, 3.05) is 12.8 Å². The van der Waals surface area contributed by atoms with Crippen molar-refractivity contribution in [2.24, 2.45) is 0 Å². The summed E-state index contributed by atoms with van der Waals surface area (Å²) in [5.41, 5.74) is 4.20. The standard InChI is InChI=1S/C24H27NO4S/c1-30(27,28)21-12-10-18(11-13-21)22-9-5-8-19-15-20(29-24(19)22)16-25-23(26)14-17-6-3-2-4-7-17/h5-6,8-13,20H,2-4,7,14-16H2,1H3,(H,25,26)/t20-/m0/s1. The third-order valence-electron chi connectivity index (χ3n) is 5.72. The Bertz CT molecular complexity index is 1070. The van der Waals surface area contributed by atoms with E-state index >= 15 is 0 Å². The number of ether oxygens (including phenoxy) is 1. The molecule has 1 N–H and O–H groups in total.